The number of hydrogen-bond acceptors (Lipinski definition) is 4. The Bertz CT molecular complexity index is 564. The van der Waals surface area contributed by atoms with E-state index in [1.807, 2.05) is 0 Å². The molecule has 7 heteroatoms. The lowest BCUT2D eigenvalue weighted by Crippen LogP contribution is -1.94. The van der Waals surface area contributed by atoms with Crippen LogP contribution in [0, 0.1) is 15.9 Å². The van der Waals surface area contributed by atoms with Gasteiger partial charge in [-0.2, -0.15) is 0 Å². The molecule has 0 bridgehead atoms. The lowest BCUT2D eigenvalue weighted by atomic mass is 10.3. The van der Waals surface area contributed by atoms with Crippen LogP contribution in [0.1, 0.15) is 5.76 Å². The molecule has 0 aliphatic rings. The number of hydrogen-bond donors (Lipinski definition) is 0. The maximum atomic E-state index is 13.0. The van der Waals surface area contributed by atoms with Crippen LogP contribution in [0.4, 0.5) is 10.3 Å². The molecule has 5 nitrogen and oxygen atoms in total. The van der Waals surface area contributed by atoms with Crippen molar-refractivity contribution in [2.75, 3.05) is 0 Å². The highest BCUT2D eigenvalue weighted by atomic mass is 79.9. The Balaban J connectivity index is 2.04. The molecule has 0 N–H and O–H groups in total. The summed E-state index contributed by atoms with van der Waals surface area (Å²) < 4.78 is 23.7. The van der Waals surface area contributed by atoms with Crippen LogP contribution in [0.15, 0.2) is 39.2 Å². The van der Waals surface area contributed by atoms with Gasteiger partial charge in [0.1, 0.15) is 28.9 Å². The van der Waals surface area contributed by atoms with Gasteiger partial charge in [-0.15, -0.1) is 0 Å². The topological polar surface area (TPSA) is 65.5 Å². The zero-order chi connectivity index (χ0) is 13.1. The number of halogens is 2. The highest BCUT2D eigenvalue weighted by Gasteiger charge is 2.12. The average Bonchev–Trinajstić information content (AvgIpc) is 2.73. The van der Waals surface area contributed by atoms with Crippen LogP contribution in [0.5, 0.6) is 5.75 Å². The number of furan rings is 1. The van der Waals surface area contributed by atoms with Gasteiger partial charge >= 0.3 is 5.88 Å². The fourth-order valence-electron chi connectivity index (χ4n) is 1.31. The third-order valence-corrected chi connectivity index (χ3v) is 2.50. The first kappa shape index (κ1) is 12.6. The molecule has 0 fully saturated rings. The molecule has 0 spiro atoms. The molecule has 18 heavy (non-hydrogen) atoms. The monoisotopic (exact) mass is 315 g/mol. The summed E-state index contributed by atoms with van der Waals surface area (Å²) in [5, 5.41) is 10.4. The molecule has 94 valence electrons. The van der Waals surface area contributed by atoms with E-state index in [1.165, 1.54) is 24.3 Å². The van der Waals surface area contributed by atoms with Crippen molar-refractivity contribution >= 4 is 21.8 Å². The van der Waals surface area contributed by atoms with Crippen LogP contribution < -0.4 is 4.74 Å². The summed E-state index contributed by atoms with van der Waals surface area (Å²) in [6.45, 7) is -0.0102. The van der Waals surface area contributed by atoms with Gasteiger partial charge in [-0.05, 0) is 18.2 Å². The van der Waals surface area contributed by atoms with Crippen LogP contribution in [0.2, 0.25) is 0 Å². The zero-order valence-corrected chi connectivity index (χ0v) is 10.5. The molecule has 0 radical (unpaired) electrons. The van der Waals surface area contributed by atoms with Gasteiger partial charge in [0.05, 0.1) is 6.07 Å². The minimum absolute atomic E-state index is 0.0102. The van der Waals surface area contributed by atoms with Crippen molar-refractivity contribution in [3.63, 3.8) is 0 Å². The molecule has 2 rings (SSSR count). The second-order valence-electron chi connectivity index (χ2n) is 3.39. The van der Waals surface area contributed by atoms with E-state index in [0.717, 1.165) is 0 Å². The van der Waals surface area contributed by atoms with Crippen LogP contribution in [0.3, 0.4) is 0 Å². The number of nitrogens with zero attached hydrogens (tertiary/aromatic N) is 1. The normalized spacial score (nSPS) is 10.3. The van der Waals surface area contributed by atoms with Crippen molar-refractivity contribution in [2.24, 2.45) is 0 Å². The SMILES string of the molecule is O=[N+]([O-])c1ccc(COc2cc(F)cc(Br)c2)o1. The first-order valence-electron chi connectivity index (χ1n) is 4.86. The third kappa shape index (κ3) is 3.07. The molecule has 0 amide bonds. The Morgan fingerprint density at radius 1 is 1.39 bits per heavy atom. The van der Waals surface area contributed by atoms with Gasteiger partial charge in [0.25, 0.3) is 0 Å². The largest absolute Gasteiger partial charge is 0.486 e. The van der Waals surface area contributed by atoms with Gasteiger partial charge in [-0.1, -0.05) is 15.9 Å². The van der Waals surface area contributed by atoms with E-state index in [0.29, 0.717) is 16.0 Å². The molecular weight excluding hydrogens is 309 g/mol. The Morgan fingerprint density at radius 2 is 2.17 bits per heavy atom. The summed E-state index contributed by atoms with van der Waals surface area (Å²) in [6, 6.07) is 6.76. The van der Waals surface area contributed by atoms with E-state index in [1.54, 1.807) is 6.07 Å². The number of rotatable bonds is 4. The fourth-order valence-corrected chi connectivity index (χ4v) is 1.75. The lowest BCUT2D eigenvalue weighted by molar-refractivity contribution is -0.402. The predicted molar refractivity (Wildman–Crippen MR) is 63.8 cm³/mol. The second kappa shape index (κ2) is 5.18. The van der Waals surface area contributed by atoms with Crippen LogP contribution >= 0.6 is 15.9 Å². The van der Waals surface area contributed by atoms with Crippen molar-refractivity contribution in [3.05, 3.63) is 56.5 Å². The smallest absolute Gasteiger partial charge is 0.433 e. The Hall–Kier alpha value is -1.89. The minimum atomic E-state index is -0.637. The summed E-state index contributed by atoms with van der Waals surface area (Å²) in [4.78, 5) is 9.76. The summed E-state index contributed by atoms with van der Waals surface area (Å²) in [5.74, 6) is -0.193. The second-order valence-corrected chi connectivity index (χ2v) is 4.31. The molecule has 2 aromatic rings. The Morgan fingerprint density at radius 3 is 2.78 bits per heavy atom. The van der Waals surface area contributed by atoms with Gasteiger partial charge in [-0.25, -0.2) is 4.39 Å². The van der Waals surface area contributed by atoms with Gasteiger partial charge in [0.15, 0.2) is 0 Å². The minimum Gasteiger partial charge on any atom is -0.486 e. The molecule has 0 saturated carbocycles. The van der Waals surface area contributed by atoms with E-state index in [4.69, 9.17) is 9.15 Å². The van der Waals surface area contributed by atoms with Crippen LogP contribution in [0.25, 0.3) is 0 Å². The van der Waals surface area contributed by atoms with Crippen molar-refractivity contribution in [3.8, 4) is 5.75 Å². The van der Waals surface area contributed by atoms with E-state index >= 15 is 0 Å². The van der Waals surface area contributed by atoms with E-state index in [2.05, 4.69) is 15.9 Å². The highest BCUT2D eigenvalue weighted by molar-refractivity contribution is 9.10. The lowest BCUT2D eigenvalue weighted by Gasteiger charge is -2.04. The number of nitro groups is 1. The number of benzene rings is 1. The van der Waals surface area contributed by atoms with Gasteiger partial charge in [0, 0.05) is 10.5 Å². The van der Waals surface area contributed by atoms with Crippen LogP contribution in [-0.2, 0) is 6.61 Å². The summed E-state index contributed by atoms with van der Waals surface area (Å²) >= 11 is 3.13. The molecular formula is C11H7BrFNO4. The summed E-state index contributed by atoms with van der Waals surface area (Å²) in [7, 11) is 0. The summed E-state index contributed by atoms with van der Waals surface area (Å²) in [5.41, 5.74) is 0. The maximum Gasteiger partial charge on any atom is 0.433 e. The van der Waals surface area contributed by atoms with E-state index < -0.39 is 10.7 Å². The molecule has 0 atom stereocenters. The van der Waals surface area contributed by atoms with Gasteiger partial charge < -0.3 is 9.15 Å². The molecule has 1 aromatic carbocycles. The maximum absolute atomic E-state index is 13.0. The molecule has 0 unspecified atom stereocenters. The predicted octanol–water partition coefficient (Wildman–Crippen LogP) is 3.67. The number of ether oxygens (including phenoxy) is 1. The van der Waals surface area contributed by atoms with Gasteiger partial charge in [0.2, 0.25) is 0 Å². The highest BCUT2D eigenvalue weighted by Crippen LogP contribution is 2.22. The van der Waals surface area contributed by atoms with Crippen molar-refractivity contribution in [1.29, 1.82) is 0 Å². The van der Waals surface area contributed by atoms with Gasteiger partial charge in [-0.3, -0.25) is 10.1 Å². The van der Waals surface area contributed by atoms with E-state index in [9.17, 15) is 14.5 Å². The van der Waals surface area contributed by atoms with Crippen molar-refractivity contribution in [1.82, 2.24) is 0 Å². The average molecular weight is 316 g/mol. The molecule has 0 saturated heterocycles. The van der Waals surface area contributed by atoms with E-state index in [-0.39, 0.29) is 12.5 Å². The van der Waals surface area contributed by atoms with Crippen molar-refractivity contribution in [2.45, 2.75) is 6.61 Å². The first-order valence-corrected chi connectivity index (χ1v) is 5.66. The zero-order valence-electron chi connectivity index (χ0n) is 8.93. The van der Waals surface area contributed by atoms with Crippen molar-refractivity contribution < 1.29 is 18.5 Å². The fraction of sp³-hybridized carbons (Fsp3) is 0.0909. The quantitative estimate of drug-likeness (QED) is 0.637. The standard InChI is InChI=1S/C11H7BrFNO4/c12-7-3-8(13)5-10(4-7)17-6-9-1-2-11(18-9)14(15)16/h1-5H,6H2. The van der Waals surface area contributed by atoms with Crippen LogP contribution in [-0.4, -0.2) is 4.92 Å². The first-order chi connectivity index (χ1) is 8.54. The molecule has 0 aliphatic heterocycles. The Labute approximate surface area is 109 Å². The Kier molecular flexibility index (Phi) is 3.61. The molecule has 0 aliphatic carbocycles. The molecule has 1 aromatic heterocycles. The third-order valence-electron chi connectivity index (χ3n) is 2.04. The molecule has 1 heterocycles. The summed E-state index contributed by atoms with van der Waals surface area (Å²) in [6.07, 6.45) is 0.